The van der Waals surface area contributed by atoms with Crippen LogP contribution in [-0.4, -0.2) is 62.0 Å². The highest BCUT2D eigenvalue weighted by Crippen LogP contribution is 2.27. The number of nitrogens with zero attached hydrogens (tertiary/aromatic N) is 2. The van der Waals surface area contributed by atoms with E-state index >= 15 is 0 Å². The molecular weight excluding hydrogens is 214 g/mol. The maximum absolute atomic E-state index is 11.7. The SMILES string of the molecule is CNC[C@H]1CC[C@H](N2CCN(C)C(=O)C2)CC1. The van der Waals surface area contributed by atoms with Crippen LogP contribution in [0.4, 0.5) is 0 Å². The number of piperazine rings is 1. The van der Waals surface area contributed by atoms with Gasteiger partial charge in [0, 0.05) is 26.2 Å². The van der Waals surface area contributed by atoms with Crippen LogP contribution in [0.1, 0.15) is 25.7 Å². The predicted octanol–water partition coefficient (Wildman–Crippen LogP) is 0.539. The monoisotopic (exact) mass is 239 g/mol. The second-order valence-electron chi connectivity index (χ2n) is 5.52. The van der Waals surface area contributed by atoms with E-state index in [1.807, 2.05) is 19.0 Å². The molecule has 2 fully saturated rings. The molecule has 0 bridgehead atoms. The van der Waals surface area contributed by atoms with Gasteiger partial charge in [-0.2, -0.15) is 0 Å². The minimum atomic E-state index is 0.286. The topological polar surface area (TPSA) is 35.6 Å². The van der Waals surface area contributed by atoms with Crippen molar-refractivity contribution in [1.82, 2.24) is 15.1 Å². The van der Waals surface area contributed by atoms with E-state index in [1.165, 1.54) is 25.7 Å². The highest BCUT2D eigenvalue weighted by atomic mass is 16.2. The lowest BCUT2D eigenvalue weighted by molar-refractivity contribution is -0.135. The Morgan fingerprint density at radius 1 is 1.24 bits per heavy atom. The van der Waals surface area contributed by atoms with Gasteiger partial charge in [0.25, 0.3) is 0 Å². The molecule has 1 saturated carbocycles. The number of nitrogens with one attached hydrogen (secondary N) is 1. The third-order valence-corrected chi connectivity index (χ3v) is 4.31. The van der Waals surface area contributed by atoms with E-state index in [2.05, 4.69) is 10.2 Å². The Labute approximate surface area is 104 Å². The summed E-state index contributed by atoms with van der Waals surface area (Å²) in [6, 6.07) is 0.653. The first-order valence-electron chi connectivity index (χ1n) is 6.83. The Morgan fingerprint density at radius 2 is 1.94 bits per heavy atom. The van der Waals surface area contributed by atoms with E-state index in [1.54, 1.807) is 0 Å². The fraction of sp³-hybridized carbons (Fsp3) is 0.923. The third kappa shape index (κ3) is 3.19. The van der Waals surface area contributed by atoms with E-state index in [0.29, 0.717) is 12.6 Å². The van der Waals surface area contributed by atoms with Crippen molar-refractivity contribution >= 4 is 5.91 Å². The molecule has 2 aliphatic rings. The number of hydrogen-bond donors (Lipinski definition) is 1. The van der Waals surface area contributed by atoms with Gasteiger partial charge in [-0.1, -0.05) is 0 Å². The predicted molar refractivity (Wildman–Crippen MR) is 68.9 cm³/mol. The minimum absolute atomic E-state index is 0.286. The van der Waals surface area contributed by atoms with Gasteiger partial charge in [-0.15, -0.1) is 0 Å². The van der Waals surface area contributed by atoms with Gasteiger partial charge < -0.3 is 10.2 Å². The molecule has 0 aromatic carbocycles. The largest absolute Gasteiger partial charge is 0.343 e. The molecule has 1 N–H and O–H groups in total. The van der Waals surface area contributed by atoms with E-state index in [4.69, 9.17) is 0 Å². The molecular formula is C13H25N3O. The molecule has 98 valence electrons. The van der Waals surface area contributed by atoms with Crippen LogP contribution in [-0.2, 0) is 4.79 Å². The Kier molecular flexibility index (Phi) is 4.40. The van der Waals surface area contributed by atoms with Gasteiger partial charge in [0.05, 0.1) is 6.54 Å². The van der Waals surface area contributed by atoms with Gasteiger partial charge in [-0.05, 0) is 45.2 Å². The Hall–Kier alpha value is -0.610. The molecule has 0 aromatic heterocycles. The van der Waals surface area contributed by atoms with Crippen LogP contribution < -0.4 is 5.32 Å². The number of likely N-dealkylation sites (N-methyl/N-ethyl adjacent to an activating group) is 1. The van der Waals surface area contributed by atoms with E-state index in [-0.39, 0.29) is 5.91 Å². The van der Waals surface area contributed by atoms with Crippen LogP contribution in [0.15, 0.2) is 0 Å². The summed E-state index contributed by atoms with van der Waals surface area (Å²) in [7, 11) is 3.94. The molecule has 0 radical (unpaired) electrons. The number of amides is 1. The smallest absolute Gasteiger partial charge is 0.236 e. The fourth-order valence-electron chi connectivity index (χ4n) is 3.09. The lowest BCUT2D eigenvalue weighted by atomic mass is 9.85. The molecule has 0 spiro atoms. The van der Waals surface area contributed by atoms with Gasteiger partial charge in [-0.25, -0.2) is 0 Å². The molecule has 1 aliphatic carbocycles. The van der Waals surface area contributed by atoms with Gasteiger partial charge in [0.1, 0.15) is 0 Å². The molecule has 0 atom stereocenters. The zero-order chi connectivity index (χ0) is 12.3. The molecule has 4 nitrogen and oxygen atoms in total. The third-order valence-electron chi connectivity index (χ3n) is 4.31. The summed E-state index contributed by atoms with van der Waals surface area (Å²) >= 11 is 0. The lowest BCUT2D eigenvalue weighted by Gasteiger charge is -2.40. The molecule has 17 heavy (non-hydrogen) atoms. The first-order valence-corrected chi connectivity index (χ1v) is 6.83. The summed E-state index contributed by atoms with van der Waals surface area (Å²) in [4.78, 5) is 15.9. The summed E-state index contributed by atoms with van der Waals surface area (Å²) in [6.07, 6.45) is 5.16. The van der Waals surface area contributed by atoms with Crippen LogP contribution in [0, 0.1) is 5.92 Å². The van der Waals surface area contributed by atoms with Gasteiger partial charge in [-0.3, -0.25) is 9.69 Å². The number of rotatable bonds is 3. The number of carbonyl (C=O) groups excluding carboxylic acids is 1. The quantitative estimate of drug-likeness (QED) is 0.781. The Bertz CT molecular complexity index is 261. The second kappa shape index (κ2) is 5.83. The van der Waals surface area contributed by atoms with Crippen LogP contribution in [0.25, 0.3) is 0 Å². The highest BCUT2D eigenvalue weighted by Gasteiger charge is 2.29. The van der Waals surface area contributed by atoms with Crippen LogP contribution in [0.3, 0.4) is 0 Å². The zero-order valence-electron chi connectivity index (χ0n) is 11.1. The second-order valence-corrected chi connectivity index (χ2v) is 5.52. The summed E-state index contributed by atoms with van der Waals surface area (Å²) in [6.45, 7) is 3.74. The first-order chi connectivity index (χ1) is 8.20. The normalized spacial score (nSPS) is 31.9. The fourth-order valence-corrected chi connectivity index (χ4v) is 3.09. The molecule has 0 unspecified atom stereocenters. The Morgan fingerprint density at radius 3 is 2.53 bits per heavy atom. The number of hydrogen-bond acceptors (Lipinski definition) is 3. The van der Waals surface area contributed by atoms with Crippen molar-refractivity contribution < 1.29 is 4.79 Å². The van der Waals surface area contributed by atoms with Gasteiger partial charge >= 0.3 is 0 Å². The molecule has 1 aliphatic heterocycles. The zero-order valence-corrected chi connectivity index (χ0v) is 11.1. The van der Waals surface area contributed by atoms with Crippen LogP contribution in [0.5, 0.6) is 0 Å². The first kappa shape index (κ1) is 12.8. The molecule has 1 heterocycles. The molecule has 2 rings (SSSR count). The van der Waals surface area contributed by atoms with Crippen molar-refractivity contribution in [3.05, 3.63) is 0 Å². The Balaban J connectivity index is 1.79. The molecule has 4 heteroatoms. The summed E-state index contributed by atoms with van der Waals surface area (Å²) in [5, 5.41) is 3.27. The van der Waals surface area contributed by atoms with E-state index < -0.39 is 0 Å². The van der Waals surface area contributed by atoms with Crippen molar-refractivity contribution in [2.45, 2.75) is 31.7 Å². The number of carbonyl (C=O) groups is 1. The molecule has 0 aromatic rings. The average Bonchev–Trinajstić information content (AvgIpc) is 2.34. The van der Waals surface area contributed by atoms with Crippen molar-refractivity contribution in [3.63, 3.8) is 0 Å². The van der Waals surface area contributed by atoms with Gasteiger partial charge in [0.15, 0.2) is 0 Å². The van der Waals surface area contributed by atoms with Crippen molar-refractivity contribution in [3.8, 4) is 0 Å². The highest BCUT2D eigenvalue weighted by molar-refractivity contribution is 5.78. The van der Waals surface area contributed by atoms with Crippen molar-refractivity contribution in [2.75, 3.05) is 40.3 Å². The van der Waals surface area contributed by atoms with Crippen molar-refractivity contribution in [1.29, 1.82) is 0 Å². The lowest BCUT2D eigenvalue weighted by Crippen LogP contribution is -2.53. The summed E-state index contributed by atoms with van der Waals surface area (Å²) in [5.41, 5.74) is 0. The average molecular weight is 239 g/mol. The maximum atomic E-state index is 11.7. The molecule has 1 amide bonds. The van der Waals surface area contributed by atoms with Gasteiger partial charge in [0.2, 0.25) is 5.91 Å². The summed E-state index contributed by atoms with van der Waals surface area (Å²) < 4.78 is 0. The van der Waals surface area contributed by atoms with Crippen LogP contribution in [0.2, 0.25) is 0 Å². The van der Waals surface area contributed by atoms with E-state index in [0.717, 1.165) is 25.6 Å². The molecule has 1 saturated heterocycles. The van der Waals surface area contributed by atoms with Crippen LogP contribution >= 0.6 is 0 Å². The summed E-state index contributed by atoms with van der Waals surface area (Å²) in [5.74, 6) is 1.13. The standard InChI is InChI=1S/C13H25N3O/c1-14-9-11-3-5-12(6-4-11)16-8-7-15(2)13(17)10-16/h11-12,14H,3-10H2,1-2H3/t11-,12-. The maximum Gasteiger partial charge on any atom is 0.236 e. The minimum Gasteiger partial charge on any atom is -0.343 e. The van der Waals surface area contributed by atoms with Crippen molar-refractivity contribution in [2.24, 2.45) is 5.92 Å². The van der Waals surface area contributed by atoms with E-state index in [9.17, 15) is 4.79 Å².